The summed E-state index contributed by atoms with van der Waals surface area (Å²) in [7, 11) is 1.41. The Morgan fingerprint density at radius 1 is 1.26 bits per heavy atom. The SMILES string of the molecule is CO/C=C(/C(=O)O)c1ccccc1CON=CCC1=C(C)SC2N1N=CN2c1ccc(Cl)cc1. The maximum atomic E-state index is 11.6. The Morgan fingerprint density at radius 2 is 2.03 bits per heavy atom. The van der Waals surface area contributed by atoms with Gasteiger partial charge in [-0.05, 0) is 36.8 Å². The van der Waals surface area contributed by atoms with E-state index in [2.05, 4.69) is 22.1 Å². The number of fused-ring (bicyclic) bond motifs is 1. The summed E-state index contributed by atoms with van der Waals surface area (Å²) in [6.07, 6.45) is 5.25. The molecule has 2 aromatic carbocycles. The quantitative estimate of drug-likeness (QED) is 0.216. The van der Waals surface area contributed by atoms with Gasteiger partial charge in [0.25, 0.3) is 0 Å². The van der Waals surface area contributed by atoms with Crippen LogP contribution in [-0.2, 0) is 21.0 Å². The molecule has 0 saturated carbocycles. The number of halogens is 1. The number of carboxylic acids is 1. The second kappa shape index (κ2) is 10.7. The fraction of sp³-hybridized carbons (Fsp3) is 0.208. The first-order valence-corrected chi connectivity index (χ1v) is 11.7. The van der Waals surface area contributed by atoms with Crippen LogP contribution in [0, 0.1) is 0 Å². The number of hydrazone groups is 1. The summed E-state index contributed by atoms with van der Waals surface area (Å²) in [5, 5.41) is 20.8. The number of methoxy groups -OCH3 is 1. The number of anilines is 1. The van der Waals surface area contributed by atoms with Gasteiger partial charge in [0.15, 0.2) is 5.50 Å². The molecule has 0 aromatic heterocycles. The number of hydrogen-bond donors (Lipinski definition) is 1. The van der Waals surface area contributed by atoms with Crippen molar-refractivity contribution in [1.29, 1.82) is 0 Å². The fourth-order valence-corrected chi connectivity index (χ4v) is 4.95. The van der Waals surface area contributed by atoms with Gasteiger partial charge in [-0.1, -0.05) is 52.8 Å². The van der Waals surface area contributed by atoms with Crippen molar-refractivity contribution in [3.63, 3.8) is 0 Å². The van der Waals surface area contributed by atoms with Crippen LogP contribution in [0.5, 0.6) is 0 Å². The van der Waals surface area contributed by atoms with Crippen LogP contribution in [0.4, 0.5) is 5.69 Å². The number of thioether (sulfide) groups is 1. The molecule has 8 nitrogen and oxygen atoms in total. The first-order chi connectivity index (χ1) is 16.5. The van der Waals surface area contributed by atoms with Crippen molar-refractivity contribution in [1.82, 2.24) is 5.01 Å². The molecule has 4 rings (SSSR count). The van der Waals surface area contributed by atoms with Gasteiger partial charge in [0, 0.05) is 33.8 Å². The number of oxime groups is 1. The van der Waals surface area contributed by atoms with Crippen molar-refractivity contribution in [3.05, 3.63) is 81.5 Å². The van der Waals surface area contributed by atoms with E-state index in [0.29, 0.717) is 22.6 Å². The molecule has 176 valence electrons. The summed E-state index contributed by atoms with van der Waals surface area (Å²) in [6.45, 7) is 2.19. The zero-order valence-electron chi connectivity index (χ0n) is 18.6. The molecule has 10 heteroatoms. The van der Waals surface area contributed by atoms with Crippen LogP contribution in [0.3, 0.4) is 0 Å². The van der Waals surface area contributed by atoms with Gasteiger partial charge in [0.2, 0.25) is 0 Å². The molecule has 34 heavy (non-hydrogen) atoms. The van der Waals surface area contributed by atoms with Crippen LogP contribution in [0.25, 0.3) is 5.57 Å². The Kier molecular flexibility index (Phi) is 7.44. The highest BCUT2D eigenvalue weighted by Crippen LogP contribution is 2.44. The van der Waals surface area contributed by atoms with E-state index >= 15 is 0 Å². The first-order valence-electron chi connectivity index (χ1n) is 10.4. The highest BCUT2D eigenvalue weighted by atomic mass is 35.5. The summed E-state index contributed by atoms with van der Waals surface area (Å²) >= 11 is 7.73. The van der Waals surface area contributed by atoms with Gasteiger partial charge >= 0.3 is 5.97 Å². The Hall–Kier alpha value is -3.43. The van der Waals surface area contributed by atoms with Gasteiger partial charge in [0.1, 0.15) is 18.5 Å². The van der Waals surface area contributed by atoms with E-state index in [-0.39, 0.29) is 17.7 Å². The van der Waals surface area contributed by atoms with Crippen LogP contribution >= 0.6 is 23.4 Å². The van der Waals surface area contributed by atoms with Gasteiger partial charge in [-0.25, -0.2) is 9.80 Å². The number of rotatable bonds is 9. The zero-order chi connectivity index (χ0) is 24.1. The van der Waals surface area contributed by atoms with Crippen LogP contribution in [0.15, 0.2) is 75.7 Å². The largest absolute Gasteiger partial charge is 0.503 e. The number of hydrogen-bond acceptors (Lipinski definition) is 8. The van der Waals surface area contributed by atoms with Crippen molar-refractivity contribution >= 4 is 53.1 Å². The summed E-state index contributed by atoms with van der Waals surface area (Å²) in [6, 6.07) is 14.8. The minimum atomic E-state index is -1.08. The average molecular weight is 499 g/mol. The van der Waals surface area contributed by atoms with E-state index in [1.165, 1.54) is 13.4 Å². The molecule has 1 atom stereocenters. The molecule has 1 unspecified atom stereocenters. The highest BCUT2D eigenvalue weighted by Gasteiger charge is 2.38. The Labute approximate surface area is 206 Å². The van der Waals surface area contributed by atoms with Gasteiger partial charge in [-0.15, -0.1) is 0 Å². The minimum Gasteiger partial charge on any atom is -0.503 e. The molecule has 0 saturated heterocycles. The summed E-state index contributed by atoms with van der Waals surface area (Å²) in [4.78, 5) is 20.3. The van der Waals surface area contributed by atoms with Gasteiger partial charge in [-0.2, -0.15) is 5.10 Å². The Bertz CT molecular complexity index is 1180. The molecular weight excluding hydrogens is 476 g/mol. The van der Waals surface area contributed by atoms with Crippen molar-refractivity contribution in [2.75, 3.05) is 12.0 Å². The van der Waals surface area contributed by atoms with Gasteiger partial charge in [-0.3, -0.25) is 4.90 Å². The lowest BCUT2D eigenvalue weighted by molar-refractivity contribution is -0.130. The van der Waals surface area contributed by atoms with E-state index in [9.17, 15) is 9.90 Å². The van der Waals surface area contributed by atoms with Crippen molar-refractivity contribution < 1.29 is 19.5 Å². The molecule has 2 aliphatic rings. The molecule has 2 heterocycles. The third kappa shape index (κ3) is 5.05. The van der Waals surface area contributed by atoms with Gasteiger partial charge in [0.05, 0.1) is 19.1 Å². The van der Waals surface area contributed by atoms with Crippen LogP contribution in [-0.4, -0.2) is 41.2 Å². The molecule has 0 amide bonds. The summed E-state index contributed by atoms with van der Waals surface area (Å²) in [5.41, 5.74) is 3.35. The third-order valence-corrected chi connectivity index (χ3v) is 6.74. The standard InChI is InChI=1S/C24H23ClN4O4S/c1-16-22(29-24(34-16)28(15-26-29)19-9-7-18(25)8-10-19)11-12-27-33-13-17-5-3-4-6-20(17)21(14-32-2)23(30)31/h3-10,12,14-15,24H,11,13H2,1-2H3,(H,30,31)/b21-14+,27-12?. The molecular formula is C24H23ClN4O4S. The summed E-state index contributed by atoms with van der Waals surface area (Å²) < 4.78 is 4.91. The normalized spacial score (nSPS) is 17.6. The Morgan fingerprint density at radius 3 is 2.76 bits per heavy atom. The van der Waals surface area contributed by atoms with E-state index in [1.807, 2.05) is 41.7 Å². The lowest BCUT2D eigenvalue weighted by Crippen LogP contribution is -2.33. The molecule has 0 radical (unpaired) electrons. The zero-order valence-corrected chi connectivity index (χ0v) is 20.2. The molecule has 2 aromatic rings. The van der Waals surface area contributed by atoms with Crippen molar-refractivity contribution in [3.8, 4) is 0 Å². The molecule has 0 fully saturated rings. The molecule has 0 spiro atoms. The lowest BCUT2D eigenvalue weighted by Gasteiger charge is -2.25. The fourth-order valence-electron chi connectivity index (χ4n) is 3.62. The monoisotopic (exact) mass is 498 g/mol. The minimum absolute atomic E-state index is 0.0133. The second-order valence-corrected chi connectivity index (χ2v) is 9.11. The van der Waals surface area contributed by atoms with Crippen molar-refractivity contribution in [2.45, 2.75) is 25.4 Å². The van der Waals surface area contributed by atoms with E-state index < -0.39 is 5.97 Å². The number of aliphatic carboxylic acids is 1. The number of allylic oxidation sites excluding steroid dienone is 2. The predicted octanol–water partition coefficient (Wildman–Crippen LogP) is 5.33. The number of ether oxygens (including phenoxy) is 1. The van der Waals surface area contributed by atoms with Crippen LogP contribution in [0.2, 0.25) is 5.02 Å². The van der Waals surface area contributed by atoms with Crippen LogP contribution < -0.4 is 4.90 Å². The maximum absolute atomic E-state index is 11.6. The second-order valence-electron chi connectivity index (χ2n) is 7.40. The smallest absolute Gasteiger partial charge is 0.339 e. The average Bonchev–Trinajstić information content (AvgIpc) is 3.36. The van der Waals surface area contributed by atoms with Crippen molar-refractivity contribution in [2.24, 2.45) is 10.3 Å². The van der Waals surface area contributed by atoms with E-state index in [1.54, 1.807) is 36.2 Å². The predicted molar refractivity (Wildman–Crippen MR) is 135 cm³/mol. The molecule has 1 N–H and O–H groups in total. The first kappa shape index (κ1) is 23.7. The van der Waals surface area contributed by atoms with Gasteiger partial charge < -0.3 is 14.7 Å². The van der Waals surface area contributed by atoms with E-state index in [0.717, 1.165) is 16.3 Å². The maximum Gasteiger partial charge on any atom is 0.339 e. The number of benzene rings is 2. The van der Waals surface area contributed by atoms with E-state index in [4.69, 9.17) is 21.2 Å². The molecule has 0 aliphatic carbocycles. The number of carbonyl (C=O) groups is 1. The molecule has 2 aliphatic heterocycles. The third-order valence-electron chi connectivity index (χ3n) is 5.26. The Balaban J connectivity index is 1.36. The number of carboxylic acid groups (broad SMARTS) is 1. The van der Waals surface area contributed by atoms with Crippen LogP contribution in [0.1, 0.15) is 24.5 Å². The molecule has 0 bridgehead atoms. The lowest BCUT2D eigenvalue weighted by atomic mass is 10.0. The number of nitrogens with zero attached hydrogens (tertiary/aromatic N) is 4. The highest BCUT2D eigenvalue weighted by molar-refractivity contribution is 8.04. The summed E-state index contributed by atoms with van der Waals surface area (Å²) in [5.74, 6) is -1.08. The topological polar surface area (TPSA) is 87.0 Å².